The van der Waals surface area contributed by atoms with Crippen LogP contribution < -0.4 is 10.5 Å². The zero-order valence-electron chi connectivity index (χ0n) is 11.1. The number of anilines is 1. The Morgan fingerprint density at radius 2 is 2.10 bits per heavy atom. The van der Waals surface area contributed by atoms with Crippen LogP contribution in [0.25, 0.3) is 0 Å². The highest BCUT2D eigenvalue weighted by atomic mass is 32.2. The van der Waals surface area contributed by atoms with Crippen LogP contribution in [0.1, 0.15) is 17.0 Å². The Hall–Kier alpha value is -1.93. The molecular formula is C12H15FN4O2S. The summed E-state index contributed by atoms with van der Waals surface area (Å²) in [4.78, 5) is 0.0878. The molecule has 6 nitrogen and oxygen atoms in total. The van der Waals surface area contributed by atoms with Gasteiger partial charge in [-0.15, -0.1) is 0 Å². The molecule has 1 heterocycles. The van der Waals surface area contributed by atoms with E-state index < -0.39 is 15.8 Å². The molecule has 4 N–H and O–H groups in total. The van der Waals surface area contributed by atoms with Crippen molar-refractivity contribution in [1.82, 2.24) is 10.2 Å². The minimum Gasteiger partial charge on any atom is -0.326 e. The Labute approximate surface area is 116 Å². The molecule has 0 aliphatic heterocycles. The van der Waals surface area contributed by atoms with Crippen LogP contribution in [0, 0.1) is 19.7 Å². The van der Waals surface area contributed by atoms with Crippen LogP contribution in [0.3, 0.4) is 0 Å². The van der Waals surface area contributed by atoms with E-state index in [4.69, 9.17) is 5.73 Å². The SMILES string of the molecule is Cc1n[nH]c(C)c1S(=O)(=O)Nc1ccc(F)cc1CN. The average molecular weight is 298 g/mol. The van der Waals surface area contributed by atoms with Gasteiger partial charge in [0.2, 0.25) is 0 Å². The Balaban J connectivity index is 2.44. The summed E-state index contributed by atoms with van der Waals surface area (Å²) in [6.07, 6.45) is 0. The molecule has 0 bridgehead atoms. The molecule has 20 heavy (non-hydrogen) atoms. The first-order valence-electron chi connectivity index (χ1n) is 5.88. The Morgan fingerprint density at radius 3 is 2.65 bits per heavy atom. The van der Waals surface area contributed by atoms with Gasteiger partial charge in [0.05, 0.1) is 17.1 Å². The quantitative estimate of drug-likeness (QED) is 0.794. The van der Waals surface area contributed by atoms with E-state index in [1.165, 1.54) is 18.2 Å². The molecule has 108 valence electrons. The maximum absolute atomic E-state index is 13.1. The summed E-state index contributed by atoms with van der Waals surface area (Å²) in [6, 6.07) is 3.72. The van der Waals surface area contributed by atoms with Crippen molar-refractivity contribution in [3.8, 4) is 0 Å². The standard InChI is InChI=1S/C12H15FN4O2S/c1-7-12(8(2)16-15-7)20(18,19)17-11-4-3-10(13)5-9(11)6-14/h3-5,17H,6,14H2,1-2H3,(H,15,16). The second kappa shape index (κ2) is 5.22. The first-order chi connectivity index (χ1) is 9.35. The Kier molecular flexibility index (Phi) is 3.78. The maximum atomic E-state index is 13.1. The van der Waals surface area contributed by atoms with Crippen LogP contribution in [-0.2, 0) is 16.6 Å². The van der Waals surface area contributed by atoms with Gasteiger partial charge in [-0.1, -0.05) is 0 Å². The highest BCUT2D eigenvalue weighted by molar-refractivity contribution is 7.92. The molecule has 0 aliphatic rings. The van der Waals surface area contributed by atoms with E-state index in [-0.39, 0.29) is 17.1 Å². The molecule has 0 fully saturated rings. The summed E-state index contributed by atoms with van der Waals surface area (Å²) in [5.74, 6) is -0.468. The summed E-state index contributed by atoms with van der Waals surface area (Å²) in [6.45, 7) is 3.23. The lowest BCUT2D eigenvalue weighted by Crippen LogP contribution is -2.16. The molecule has 0 atom stereocenters. The van der Waals surface area contributed by atoms with Gasteiger partial charge >= 0.3 is 0 Å². The van der Waals surface area contributed by atoms with Crippen LogP contribution in [0.2, 0.25) is 0 Å². The van der Waals surface area contributed by atoms with Crippen LogP contribution >= 0.6 is 0 Å². The lowest BCUT2D eigenvalue weighted by molar-refractivity contribution is 0.599. The predicted molar refractivity (Wildman–Crippen MR) is 73.2 cm³/mol. The van der Waals surface area contributed by atoms with Gasteiger partial charge in [-0.3, -0.25) is 9.82 Å². The van der Waals surface area contributed by atoms with Gasteiger partial charge in [0.15, 0.2) is 0 Å². The number of nitrogens with two attached hydrogens (primary N) is 1. The molecule has 0 saturated carbocycles. The molecule has 1 aromatic carbocycles. The van der Waals surface area contributed by atoms with E-state index in [1.54, 1.807) is 13.8 Å². The summed E-state index contributed by atoms with van der Waals surface area (Å²) in [5, 5.41) is 6.46. The zero-order chi connectivity index (χ0) is 14.9. The van der Waals surface area contributed by atoms with Gasteiger partial charge in [0, 0.05) is 6.54 Å². The molecule has 0 saturated heterocycles. The molecule has 8 heteroatoms. The fourth-order valence-corrected chi connectivity index (χ4v) is 3.44. The molecule has 0 amide bonds. The summed E-state index contributed by atoms with van der Waals surface area (Å²) >= 11 is 0. The number of H-pyrrole nitrogens is 1. The number of nitrogens with one attached hydrogen (secondary N) is 2. The highest BCUT2D eigenvalue weighted by Crippen LogP contribution is 2.23. The summed E-state index contributed by atoms with van der Waals surface area (Å²) in [7, 11) is -3.80. The fourth-order valence-electron chi connectivity index (χ4n) is 1.96. The average Bonchev–Trinajstić information content (AvgIpc) is 2.71. The van der Waals surface area contributed by atoms with E-state index in [9.17, 15) is 12.8 Å². The van der Waals surface area contributed by atoms with E-state index in [1.807, 2.05) is 0 Å². The highest BCUT2D eigenvalue weighted by Gasteiger charge is 2.23. The normalized spacial score (nSPS) is 11.6. The van der Waals surface area contributed by atoms with E-state index in [0.717, 1.165) is 0 Å². The third kappa shape index (κ3) is 2.66. The van der Waals surface area contributed by atoms with Crippen molar-refractivity contribution >= 4 is 15.7 Å². The predicted octanol–water partition coefficient (Wildman–Crippen LogP) is 1.43. The molecule has 0 aliphatic carbocycles. The number of benzene rings is 1. The summed E-state index contributed by atoms with van der Waals surface area (Å²) in [5.41, 5.74) is 6.94. The van der Waals surface area contributed by atoms with Gasteiger partial charge in [0.1, 0.15) is 10.7 Å². The largest absolute Gasteiger partial charge is 0.326 e. The minimum atomic E-state index is -3.80. The van der Waals surface area contributed by atoms with Gasteiger partial charge in [-0.25, -0.2) is 12.8 Å². The number of aromatic nitrogens is 2. The van der Waals surface area contributed by atoms with E-state index >= 15 is 0 Å². The molecule has 2 aromatic rings. The second-order valence-corrected chi connectivity index (χ2v) is 5.99. The van der Waals surface area contributed by atoms with Crippen LogP contribution in [-0.4, -0.2) is 18.6 Å². The molecule has 0 radical (unpaired) electrons. The van der Waals surface area contributed by atoms with Crippen molar-refractivity contribution in [2.24, 2.45) is 5.73 Å². The minimum absolute atomic E-state index is 0.0268. The Bertz CT molecular complexity index is 720. The van der Waals surface area contributed by atoms with Crippen molar-refractivity contribution in [1.29, 1.82) is 0 Å². The number of aromatic amines is 1. The van der Waals surface area contributed by atoms with Crippen LogP contribution in [0.4, 0.5) is 10.1 Å². The van der Waals surface area contributed by atoms with E-state index in [0.29, 0.717) is 17.0 Å². The van der Waals surface area contributed by atoms with Crippen LogP contribution in [0.15, 0.2) is 23.1 Å². The van der Waals surface area contributed by atoms with Crippen molar-refractivity contribution in [3.05, 3.63) is 41.0 Å². The summed E-state index contributed by atoms with van der Waals surface area (Å²) < 4.78 is 40.2. The lowest BCUT2D eigenvalue weighted by Gasteiger charge is -2.12. The number of rotatable bonds is 4. The lowest BCUT2D eigenvalue weighted by atomic mass is 10.2. The van der Waals surface area contributed by atoms with Gasteiger partial charge < -0.3 is 5.73 Å². The monoisotopic (exact) mass is 298 g/mol. The van der Waals surface area contributed by atoms with Crippen molar-refractivity contribution in [3.63, 3.8) is 0 Å². The Morgan fingerprint density at radius 1 is 1.40 bits per heavy atom. The number of hydrogen-bond acceptors (Lipinski definition) is 4. The number of sulfonamides is 1. The first kappa shape index (κ1) is 14.5. The van der Waals surface area contributed by atoms with Gasteiger partial charge in [-0.05, 0) is 37.6 Å². The number of halogens is 1. The smallest absolute Gasteiger partial charge is 0.265 e. The third-order valence-electron chi connectivity index (χ3n) is 2.86. The van der Waals surface area contributed by atoms with Gasteiger partial charge in [0.25, 0.3) is 10.0 Å². The number of nitrogens with zero attached hydrogens (tertiary/aromatic N) is 1. The number of hydrogen-bond donors (Lipinski definition) is 3. The molecule has 2 rings (SSSR count). The van der Waals surface area contributed by atoms with Crippen LogP contribution in [0.5, 0.6) is 0 Å². The maximum Gasteiger partial charge on any atom is 0.265 e. The number of aryl methyl sites for hydroxylation is 2. The van der Waals surface area contributed by atoms with Crippen molar-refractivity contribution in [2.45, 2.75) is 25.3 Å². The molecule has 0 spiro atoms. The fraction of sp³-hybridized carbons (Fsp3) is 0.250. The van der Waals surface area contributed by atoms with Gasteiger partial charge in [-0.2, -0.15) is 5.10 Å². The van der Waals surface area contributed by atoms with Crippen molar-refractivity contribution < 1.29 is 12.8 Å². The molecule has 0 unspecified atom stereocenters. The molecule has 1 aromatic heterocycles. The van der Waals surface area contributed by atoms with E-state index in [2.05, 4.69) is 14.9 Å². The topological polar surface area (TPSA) is 101 Å². The second-order valence-electron chi connectivity index (χ2n) is 4.37. The first-order valence-corrected chi connectivity index (χ1v) is 7.36. The van der Waals surface area contributed by atoms with Crippen molar-refractivity contribution in [2.75, 3.05) is 4.72 Å². The third-order valence-corrected chi connectivity index (χ3v) is 4.49. The zero-order valence-corrected chi connectivity index (χ0v) is 11.9. The molecular weight excluding hydrogens is 283 g/mol.